The number of hydrogen-bond donors (Lipinski definition) is 1. The van der Waals surface area contributed by atoms with Gasteiger partial charge in [0.1, 0.15) is 11.6 Å². The highest BCUT2D eigenvalue weighted by atomic mass is 19.1. The zero-order chi connectivity index (χ0) is 13.4. The number of halogens is 2. The van der Waals surface area contributed by atoms with Crippen LogP contribution in [0.3, 0.4) is 0 Å². The van der Waals surface area contributed by atoms with E-state index in [1.54, 1.807) is 0 Å². The highest BCUT2D eigenvalue weighted by molar-refractivity contribution is 5.36. The van der Waals surface area contributed by atoms with E-state index in [4.69, 9.17) is 10.5 Å². The summed E-state index contributed by atoms with van der Waals surface area (Å²) >= 11 is 0. The minimum atomic E-state index is -0.534. The normalized spacial score (nSPS) is 26.9. The molecule has 2 aliphatic heterocycles. The van der Waals surface area contributed by atoms with Crippen molar-refractivity contribution in [3.05, 3.63) is 34.9 Å². The van der Waals surface area contributed by atoms with Crippen LogP contribution in [-0.2, 0) is 11.3 Å². The summed E-state index contributed by atoms with van der Waals surface area (Å²) in [5.74, 6) is -1.00. The van der Waals surface area contributed by atoms with Crippen LogP contribution in [0.4, 0.5) is 8.78 Å². The van der Waals surface area contributed by atoms with Crippen molar-refractivity contribution in [3.8, 4) is 0 Å². The molecule has 19 heavy (non-hydrogen) atoms. The van der Waals surface area contributed by atoms with Gasteiger partial charge in [-0.3, -0.25) is 4.90 Å². The summed E-state index contributed by atoms with van der Waals surface area (Å²) in [5, 5.41) is 0. The predicted octanol–water partition coefficient (Wildman–Crippen LogP) is 1.96. The number of rotatable bonds is 3. The van der Waals surface area contributed by atoms with Gasteiger partial charge in [-0.05, 0) is 24.5 Å². The minimum absolute atomic E-state index is 0.107. The SMILES string of the molecule is NCC1c2cc(F)cc(F)c2CN1CC1CCCO1. The summed E-state index contributed by atoms with van der Waals surface area (Å²) < 4.78 is 32.8. The maximum Gasteiger partial charge on any atom is 0.130 e. The molecule has 1 aromatic carbocycles. The van der Waals surface area contributed by atoms with Crippen LogP contribution in [0.25, 0.3) is 0 Å². The molecular weight excluding hydrogens is 250 g/mol. The first-order chi connectivity index (χ1) is 9.19. The van der Waals surface area contributed by atoms with Crippen LogP contribution < -0.4 is 5.73 Å². The molecule has 2 heterocycles. The van der Waals surface area contributed by atoms with E-state index in [1.807, 2.05) is 0 Å². The molecule has 2 atom stereocenters. The van der Waals surface area contributed by atoms with Crippen molar-refractivity contribution >= 4 is 0 Å². The fourth-order valence-corrected chi connectivity index (χ4v) is 3.12. The number of ether oxygens (including phenoxy) is 1. The number of fused-ring (bicyclic) bond motifs is 1. The molecule has 104 valence electrons. The Labute approximate surface area is 111 Å². The minimum Gasteiger partial charge on any atom is -0.377 e. The number of hydrogen-bond acceptors (Lipinski definition) is 3. The zero-order valence-corrected chi connectivity index (χ0v) is 10.7. The first-order valence-electron chi connectivity index (χ1n) is 6.72. The van der Waals surface area contributed by atoms with Gasteiger partial charge in [0.2, 0.25) is 0 Å². The van der Waals surface area contributed by atoms with Crippen LogP contribution in [-0.4, -0.2) is 30.7 Å². The third kappa shape index (κ3) is 2.38. The van der Waals surface area contributed by atoms with Crippen molar-refractivity contribution < 1.29 is 13.5 Å². The second-order valence-corrected chi connectivity index (χ2v) is 5.27. The molecule has 1 saturated heterocycles. The molecule has 0 spiro atoms. The zero-order valence-electron chi connectivity index (χ0n) is 10.7. The Hall–Kier alpha value is -1.04. The molecule has 0 aromatic heterocycles. The molecule has 0 bridgehead atoms. The van der Waals surface area contributed by atoms with Gasteiger partial charge in [0, 0.05) is 43.9 Å². The van der Waals surface area contributed by atoms with Crippen LogP contribution in [0.2, 0.25) is 0 Å². The lowest BCUT2D eigenvalue weighted by Gasteiger charge is -2.26. The van der Waals surface area contributed by atoms with E-state index < -0.39 is 11.6 Å². The Kier molecular flexibility index (Phi) is 3.52. The lowest BCUT2D eigenvalue weighted by molar-refractivity contribution is 0.0607. The van der Waals surface area contributed by atoms with Gasteiger partial charge in [-0.2, -0.15) is 0 Å². The first-order valence-corrected chi connectivity index (χ1v) is 6.72. The summed E-state index contributed by atoms with van der Waals surface area (Å²) in [6.07, 6.45) is 2.29. The summed E-state index contributed by atoms with van der Waals surface area (Å²) in [6.45, 7) is 2.38. The molecule has 3 nitrogen and oxygen atoms in total. The number of nitrogens with zero attached hydrogens (tertiary/aromatic N) is 1. The smallest absolute Gasteiger partial charge is 0.130 e. The van der Waals surface area contributed by atoms with Gasteiger partial charge in [0.25, 0.3) is 0 Å². The predicted molar refractivity (Wildman–Crippen MR) is 67.5 cm³/mol. The molecule has 0 amide bonds. The molecule has 5 heteroatoms. The van der Waals surface area contributed by atoms with E-state index in [1.165, 1.54) is 6.07 Å². The van der Waals surface area contributed by atoms with Gasteiger partial charge in [0.15, 0.2) is 0 Å². The van der Waals surface area contributed by atoms with Gasteiger partial charge in [0.05, 0.1) is 6.10 Å². The molecule has 1 fully saturated rings. The molecule has 0 radical (unpaired) electrons. The standard InChI is InChI=1S/C14H18F2N2O/c15-9-4-11-12(13(16)5-9)8-18(14(11)6-17)7-10-2-1-3-19-10/h4-5,10,14H,1-3,6-8,17H2. The third-order valence-corrected chi connectivity index (χ3v) is 4.04. The molecule has 2 N–H and O–H groups in total. The highest BCUT2D eigenvalue weighted by Crippen LogP contribution is 2.35. The highest BCUT2D eigenvalue weighted by Gasteiger charge is 2.34. The molecular formula is C14H18F2N2O. The molecule has 1 aromatic rings. The summed E-state index contributed by atoms with van der Waals surface area (Å²) in [7, 11) is 0. The van der Waals surface area contributed by atoms with Crippen LogP contribution in [0.5, 0.6) is 0 Å². The largest absolute Gasteiger partial charge is 0.377 e. The Morgan fingerprint density at radius 2 is 2.21 bits per heavy atom. The van der Waals surface area contributed by atoms with E-state index in [0.29, 0.717) is 24.2 Å². The van der Waals surface area contributed by atoms with Crippen molar-refractivity contribution in [2.24, 2.45) is 5.73 Å². The summed E-state index contributed by atoms with van der Waals surface area (Å²) in [4.78, 5) is 2.10. The van der Waals surface area contributed by atoms with E-state index in [2.05, 4.69) is 4.90 Å². The van der Waals surface area contributed by atoms with Gasteiger partial charge in [-0.25, -0.2) is 8.78 Å². The quantitative estimate of drug-likeness (QED) is 0.910. The Morgan fingerprint density at radius 3 is 2.89 bits per heavy atom. The number of nitrogens with two attached hydrogens (primary N) is 1. The lowest BCUT2D eigenvalue weighted by Crippen LogP contribution is -2.34. The van der Waals surface area contributed by atoms with E-state index in [9.17, 15) is 8.78 Å². The van der Waals surface area contributed by atoms with Crippen molar-refractivity contribution in [1.29, 1.82) is 0 Å². The van der Waals surface area contributed by atoms with Crippen LogP contribution in [0.1, 0.15) is 30.0 Å². The van der Waals surface area contributed by atoms with Crippen LogP contribution >= 0.6 is 0 Å². The fourth-order valence-electron chi connectivity index (χ4n) is 3.12. The number of benzene rings is 1. The van der Waals surface area contributed by atoms with Crippen LogP contribution in [0.15, 0.2) is 12.1 Å². The van der Waals surface area contributed by atoms with Crippen molar-refractivity contribution in [3.63, 3.8) is 0 Å². The van der Waals surface area contributed by atoms with E-state index in [0.717, 1.165) is 32.1 Å². The molecule has 3 rings (SSSR count). The molecule has 0 saturated carbocycles. The lowest BCUT2D eigenvalue weighted by atomic mass is 10.0. The van der Waals surface area contributed by atoms with Crippen molar-refractivity contribution in [1.82, 2.24) is 4.90 Å². The third-order valence-electron chi connectivity index (χ3n) is 4.04. The molecule has 2 aliphatic rings. The van der Waals surface area contributed by atoms with Crippen LogP contribution in [0, 0.1) is 11.6 Å². The topological polar surface area (TPSA) is 38.5 Å². The summed E-state index contributed by atoms with van der Waals surface area (Å²) in [5.41, 5.74) is 7.06. The molecule has 2 unspecified atom stereocenters. The Balaban J connectivity index is 1.83. The monoisotopic (exact) mass is 268 g/mol. The van der Waals surface area contributed by atoms with Gasteiger partial charge >= 0.3 is 0 Å². The Bertz CT molecular complexity index is 475. The second-order valence-electron chi connectivity index (χ2n) is 5.27. The van der Waals surface area contributed by atoms with Gasteiger partial charge in [-0.15, -0.1) is 0 Å². The fraction of sp³-hybridized carbons (Fsp3) is 0.571. The van der Waals surface area contributed by atoms with Crippen molar-refractivity contribution in [2.75, 3.05) is 19.7 Å². The van der Waals surface area contributed by atoms with Crippen molar-refractivity contribution in [2.45, 2.75) is 31.5 Å². The average molecular weight is 268 g/mol. The maximum atomic E-state index is 13.8. The molecule has 0 aliphatic carbocycles. The second kappa shape index (κ2) is 5.15. The summed E-state index contributed by atoms with van der Waals surface area (Å²) in [6, 6.07) is 2.25. The van der Waals surface area contributed by atoms with Gasteiger partial charge in [-0.1, -0.05) is 0 Å². The van der Waals surface area contributed by atoms with Gasteiger partial charge < -0.3 is 10.5 Å². The average Bonchev–Trinajstić information content (AvgIpc) is 2.97. The maximum absolute atomic E-state index is 13.8. The van der Waals surface area contributed by atoms with E-state index in [-0.39, 0.29) is 12.1 Å². The first kappa shape index (κ1) is 13.0. The Morgan fingerprint density at radius 1 is 1.37 bits per heavy atom. The van der Waals surface area contributed by atoms with E-state index >= 15 is 0 Å².